The molecule has 0 atom stereocenters. The van der Waals surface area contributed by atoms with Crippen molar-refractivity contribution in [2.45, 2.75) is 31.7 Å². The lowest BCUT2D eigenvalue weighted by atomic mass is 10.0. The summed E-state index contributed by atoms with van der Waals surface area (Å²) in [7, 11) is 3.19. The number of pyridine rings is 1. The second kappa shape index (κ2) is 9.91. The molecule has 3 rings (SSSR count). The van der Waals surface area contributed by atoms with Crippen molar-refractivity contribution >= 4 is 11.8 Å². The molecule has 1 aromatic carbocycles. The van der Waals surface area contributed by atoms with Gasteiger partial charge in [0.05, 0.1) is 14.2 Å². The maximum absolute atomic E-state index is 12.4. The minimum absolute atomic E-state index is 0.0225. The molecule has 0 aliphatic carbocycles. The van der Waals surface area contributed by atoms with Gasteiger partial charge in [0.1, 0.15) is 5.69 Å². The van der Waals surface area contributed by atoms with Crippen LogP contribution >= 0.6 is 0 Å². The van der Waals surface area contributed by atoms with E-state index < -0.39 is 0 Å². The number of carbonyl (C=O) groups is 2. The largest absolute Gasteiger partial charge is 0.493 e. The molecule has 7 heteroatoms. The average Bonchev–Trinajstić information content (AvgIpc) is 2.78. The fraction of sp³-hybridized carbons (Fsp3) is 0.409. The predicted octanol–water partition coefficient (Wildman–Crippen LogP) is 2.45. The second-order valence-electron chi connectivity index (χ2n) is 7.04. The molecule has 0 spiro atoms. The number of aryl methyl sites for hydroxylation is 1. The molecule has 1 aromatic heterocycles. The molecule has 29 heavy (non-hydrogen) atoms. The molecule has 7 nitrogen and oxygen atoms in total. The second-order valence-corrected chi connectivity index (χ2v) is 7.04. The highest BCUT2D eigenvalue weighted by Crippen LogP contribution is 2.28. The van der Waals surface area contributed by atoms with Gasteiger partial charge in [0, 0.05) is 31.7 Å². The lowest BCUT2D eigenvalue weighted by molar-refractivity contribution is -0.122. The summed E-state index contributed by atoms with van der Waals surface area (Å²) in [5, 5.41) is 3.09. The fourth-order valence-corrected chi connectivity index (χ4v) is 3.47. The summed E-state index contributed by atoms with van der Waals surface area (Å²) >= 11 is 0. The van der Waals surface area contributed by atoms with E-state index in [1.165, 1.54) is 0 Å². The predicted molar refractivity (Wildman–Crippen MR) is 109 cm³/mol. The number of hydrogen-bond acceptors (Lipinski definition) is 5. The third-order valence-corrected chi connectivity index (χ3v) is 5.12. The van der Waals surface area contributed by atoms with Gasteiger partial charge in [-0.2, -0.15) is 0 Å². The monoisotopic (exact) mass is 397 g/mol. The number of hydrogen-bond donors (Lipinski definition) is 1. The van der Waals surface area contributed by atoms with E-state index in [1.807, 2.05) is 24.3 Å². The third-order valence-electron chi connectivity index (χ3n) is 5.12. The van der Waals surface area contributed by atoms with Gasteiger partial charge in [0.2, 0.25) is 5.91 Å². The zero-order chi connectivity index (χ0) is 20.6. The van der Waals surface area contributed by atoms with E-state index in [0.717, 1.165) is 18.4 Å². The molecule has 2 amide bonds. The van der Waals surface area contributed by atoms with Crippen LogP contribution in [0.1, 0.15) is 35.3 Å². The molecular weight excluding hydrogens is 370 g/mol. The summed E-state index contributed by atoms with van der Waals surface area (Å²) in [4.78, 5) is 30.7. The van der Waals surface area contributed by atoms with Gasteiger partial charge in [-0.25, -0.2) is 0 Å². The van der Waals surface area contributed by atoms with Crippen LogP contribution in [0.4, 0.5) is 0 Å². The number of nitrogens with one attached hydrogen (secondary N) is 1. The molecule has 1 N–H and O–H groups in total. The van der Waals surface area contributed by atoms with Crippen molar-refractivity contribution in [2.75, 3.05) is 27.3 Å². The Morgan fingerprint density at radius 3 is 2.52 bits per heavy atom. The molecule has 0 unspecified atom stereocenters. The number of ether oxygens (including phenoxy) is 2. The Labute approximate surface area is 171 Å². The van der Waals surface area contributed by atoms with Crippen LogP contribution in [0.3, 0.4) is 0 Å². The first-order chi connectivity index (χ1) is 14.1. The summed E-state index contributed by atoms with van der Waals surface area (Å²) in [5.74, 6) is 1.31. The molecule has 1 fully saturated rings. The number of aromatic nitrogens is 1. The van der Waals surface area contributed by atoms with E-state index >= 15 is 0 Å². The van der Waals surface area contributed by atoms with Crippen molar-refractivity contribution in [1.82, 2.24) is 15.2 Å². The highest BCUT2D eigenvalue weighted by Gasteiger charge is 2.25. The van der Waals surface area contributed by atoms with Crippen LogP contribution in [0.5, 0.6) is 11.5 Å². The van der Waals surface area contributed by atoms with Crippen LogP contribution in [-0.4, -0.2) is 55.0 Å². The Morgan fingerprint density at radius 2 is 1.86 bits per heavy atom. The highest BCUT2D eigenvalue weighted by molar-refractivity contribution is 5.92. The minimum atomic E-state index is -0.0520. The lowest BCUT2D eigenvalue weighted by Crippen LogP contribution is -2.46. The number of nitrogens with zero attached hydrogens (tertiary/aromatic N) is 2. The van der Waals surface area contributed by atoms with Crippen LogP contribution in [0.15, 0.2) is 42.6 Å². The van der Waals surface area contributed by atoms with Gasteiger partial charge in [0.25, 0.3) is 5.91 Å². The van der Waals surface area contributed by atoms with Gasteiger partial charge in [-0.3, -0.25) is 14.6 Å². The number of amides is 2. The maximum Gasteiger partial charge on any atom is 0.272 e. The quantitative estimate of drug-likeness (QED) is 0.776. The molecule has 154 valence electrons. The van der Waals surface area contributed by atoms with Gasteiger partial charge >= 0.3 is 0 Å². The van der Waals surface area contributed by atoms with Crippen molar-refractivity contribution < 1.29 is 19.1 Å². The molecule has 0 bridgehead atoms. The van der Waals surface area contributed by atoms with Crippen molar-refractivity contribution in [1.29, 1.82) is 0 Å². The lowest BCUT2D eigenvalue weighted by Gasteiger charge is -2.32. The number of benzene rings is 1. The minimum Gasteiger partial charge on any atom is -0.493 e. The number of rotatable bonds is 7. The van der Waals surface area contributed by atoms with E-state index in [1.54, 1.807) is 37.4 Å². The SMILES string of the molecule is COc1ccc(CCC(=O)NC2CCN(C(=O)c3ccccn3)CC2)cc1OC. The van der Waals surface area contributed by atoms with Gasteiger partial charge in [-0.1, -0.05) is 12.1 Å². The van der Waals surface area contributed by atoms with E-state index in [2.05, 4.69) is 10.3 Å². The number of carbonyl (C=O) groups excluding carboxylic acids is 2. The Hall–Kier alpha value is -3.09. The highest BCUT2D eigenvalue weighted by atomic mass is 16.5. The Kier molecular flexibility index (Phi) is 7.05. The van der Waals surface area contributed by atoms with Crippen LogP contribution in [-0.2, 0) is 11.2 Å². The molecule has 2 heterocycles. The number of likely N-dealkylation sites (tertiary alicyclic amines) is 1. The zero-order valence-electron chi connectivity index (χ0n) is 16.9. The average molecular weight is 397 g/mol. The van der Waals surface area contributed by atoms with Gasteiger partial charge in [0.15, 0.2) is 11.5 Å². The van der Waals surface area contributed by atoms with Crippen molar-refractivity contribution in [3.63, 3.8) is 0 Å². The standard InChI is InChI=1S/C22H27N3O4/c1-28-19-8-6-16(15-20(19)29-2)7-9-21(26)24-17-10-13-25(14-11-17)22(27)18-5-3-4-12-23-18/h3-6,8,12,15,17H,7,9-11,13-14H2,1-2H3,(H,24,26). The normalized spacial score (nSPS) is 14.3. The molecule has 0 saturated carbocycles. The first-order valence-electron chi connectivity index (χ1n) is 9.81. The smallest absolute Gasteiger partial charge is 0.272 e. The first kappa shape index (κ1) is 20.6. The Balaban J connectivity index is 1.43. The Morgan fingerprint density at radius 1 is 1.10 bits per heavy atom. The molecule has 1 aliphatic rings. The third kappa shape index (κ3) is 5.47. The molecule has 1 saturated heterocycles. The summed E-state index contributed by atoms with van der Waals surface area (Å²) in [6.07, 6.45) is 4.16. The van der Waals surface area contributed by atoms with Crippen molar-refractivity contribution in [3.8, 4) is 11.5 Å². The molecule has 2 aromatic rings. The summed E-state index contributed by atoms with van der Waals surface area (Å²) in [6, 6.07) is 11.1. The molecule has 1 aliphatic heterocycles. The summed E-state index contributed by atoms with van der Waals surface area (Å²) in [5.41, 5.74) is 1.48. The van der Waals surface area contributed by atoms with E-state index in [4.69, 9.17) is 9.47 Å². The van der Waals surface area contributed by atoms with E-state index in [0.29, 0.717) is 43.1 Å². The molecular formula is C22H27N3O4. The van der Waals surface area contributed by atoms with Crippen molar-refractivity contribution in [2.24, 2.45) is 0 Å². The van der Waals surface area contributed by atoms with Crippen LogP contribution in [0.2, 0.25) is 0 Å². The Bertz CT molecular complexity index is 833. The van der Waals surface area contributed by atoms with Gasteiger partial charge in [-0.05, 0) is 49.1 Å². The van der Waals surface area contributed by atoms with Crippen LogP contribution < -0.4 is 14.8 Å². The summed E-state index contributed by atoms with van der Waals surface area (Å²) in [6.45, 7) is 1.24. The molecule has 0 radical (unpaired) electrons. The van der Waals surface area contributed by atoms with Gasteiger partial charge in [-0.15, -0.1) is 0 Å². The van der Waals surface area contributed by atoms with Crippen molar-refractivity contribution in [3.05, 3.63) is 53.9 Å². The van der Waals surface area contributed by atoms with Gasteiger partial charge < -0.3 is 19.7 Å². The van der Waals surface area contributed by atoms with E-state index in [9.17, 15) is 9.59 Å². The zero-order valence-corrected chi connectivity index (χ0v) is 16.9. The topological polar surface area (TPSA) is 80.8 Å². The first-order valence-corrected chi connectivity index (χ1v) is 9.81. The number of piperidine rings is 1. The number of methoxy groups -OCH3 is 2. The van der Waals surface area contributed by atoms with Crippen LogP contribution in [0, 0.1) is 0 Å². The van der Waals surface area contributed by atoms with Crippen LogP contribution in [0.25, 0.3) is 0 Å². The fourth-order valence-electron chi connectivity index (χ4n) is 3.47. The summed E-state index contributed by atoms with van der Waals surface area (Å²) < 4.78 is 10.5. The maximum atomic E-state index is 12.4. The van der Waals surface area contributed by atoms with E-state index in [-0.39, 0.29) is 17.9 Å².